The molecule has 1 aliphatic carbocycles. The van der Waals surface area contributed by atoms with Gasteiger partial charge in [0.1, 0.15) is 5.75 Å². The number of rotatable bonds is 8. The Morgan fingerprint density at radius 3 is 2.34 bits per heavy atom. The second-order valence-electron chi connectivity index (χ2n) is 12.1. The average Bonchev–Trinajstić information content (AvgIpc) is 3.60. The number of carbonyl (C=O) groups is 2. The van der Waals surface area contributed by atoms with Crippen LogP contribution in [0.5, 0.6) is 5.75 Å². The van der Waals surface area contributed by atoms with Gasteiger partial charge in [-0.25, -0.2) is 0 Å². The molecular weight excluding hydrogens is 474 g/mol. The first kappa shape index (κ1) is 25.4. The van der Waals surface area contributed by atoms with Crippen LogP contribution in [0.4, 0.5) is 0 Å². The third-order valence-corrected chi connectivity index (χ3v) is 9.62. The lowest BCUT2D eigenvalue weighted by Crippen LogP contribution is -2.46. The molecule has 0 N–H and O–H groups in total. The van der Waals surface area contributed by atoms with Gasteiger partial charge in [-0.2, -0.15) is 0 Å². The van der Waals surface area contributed by atoms with Gasteiger partial charge in [-0.15, -0.1) is 0 Å². The predicted molar refractivity (Wildman–Crippen MR) is 148 cm³/mol. The van der Waals surface area contributed by atoms with Crippen molar-refractivity contribution in [1.29, 1.82) is 0 Å². The maximum atomic E-state index is 13.5. The molecule has 0 aromatic heterocycles. The van der Waals surface area contributed by atoms with Crippen molar-refractivity contribution in [2.24, 2.45) is 17.3 Å². The molecule has 0 radical (unpaired) electrons. The molecule has 0 bridgehead atoms. The van der Waals surface area contributed by atoms with Gasteiger partial charge in [0.15, 0.2) is 0 Å². The summed E-state index contributed by atoms with van der Waals surface area (Å²) in [5.41, 5.74) is 2.32. The van der Waals surface area contributed by atoms with E-state index in [0.29, 0.717) is 36.1 Å². The summed E-state index contributed by atoms with van der Waals surface area (Å²) in [6, 6.07) is 18.8. The highest BCUT2D eigenvalue weighted by molar-refractivity contribution is 5.85. The monoisotopic (exact) mass is 515 g/mol. The number of benzene rings is 2. The largest absolute Gasteiger partial charge is 0.497 e. The van der Waals surface area contributed by atoms with Crippen LogP contribution < -0.4 is 4.74 Å². The summed E-state index contributed by atoms with van der Waals surface area (Å²) in [5.74, 6) is 3.00. The minimum absolute atomic E-state index is 0.191. The maximum Gasteiger partial charge on any atom is 0.229 e. The molecule has 202 valence electrons. The summed E-state index contributed by atoms with van der Waals surface area (Å²) < 4.78 is 5.27. The first-order valence-corrected chi connectivity index (χ1v) is 14.5. The highest BCUT2D eigenvalue weighted by Gasteiger charge is 2.48. The smallest absolute Gasteiger partial charge is 0.229 e. The summed E-state index contributed by atoms with van der Waals surface area (Å²) in [5, 5.41) is 0. The predicted octanol–water partition coefficient (Wildman–Crippen LogP) is 4.55. The van der Waals surface area contributed by atoms with Crippen molar-refractivity contribution in [3.8, 4) is 5.75 Å². The third-order valence-electron chi connectivity index (χ3n) is 9.62. The highest BCUT2D eigenvalue weighted by atomic mass is 16.5. The molecule has 1 saturated carbocycles. The molecule has 3 heterocycles. The zero-order valence-electron chi connectivity index (χ0n) is 22.7. The Bertz CT molecular complexity index is 1120. The fourth-order valence-electron chi connectivity index (χ4n) is 6.99. The van der Waals surface area contributed by atoms with Crippen LogP contribution in [0.25, 0.3) is 0 Å². The number of amides is 2. The van der Waals surface area contributed by atoms with Crippen molar-refractivity contribution in [3.63, 3.8) is 0 Å². The van der Waals surface area contributed by atoms with E-state index in [-0.39, 0.29) is 5.41 Å². The van der Waals surface area contributed by atoms with Crippen molar-refractivity contribution in [3.05, 3.63) is 65.7 Å². The van der Waals surface area contributed by atoms with Crippen LogP contribution in [0.1, 0.15) is 55.6 Å². The van der Waals surface area contributed by atoms with E-state index in [1.807, 2.05) is 12.1 Å². The van der Waals surface area contributed by atoms with Gasteiger partial charge < -0.3 is 19.4 Å². The molecule has 6 heteroatoms. The van der Waals surface area contributed by atoms with E-state index < -0.39 is 0 Å². The Morgan fingerprint density at radius 1 is 0.947 bits per heavy atom. The van der Waals surface area contributed by atoms with Crippen LogP contribution in [-0.2, 0) is 16.1 Å². The van der Waals surface area contributed by atoms with Crippen molar-refractivity contribution in [2.75, 3.05) is 46.4 Å². The van der Waals surface area contributed by atoms with Gasteiger partial charge >= 0.3 is 0 Å². The molecule has 3 aliphatic heterocycles. The second kappa shape index (κ2) is 10.7. The molecule has 6 rings (SSSR count). The molecule has 2 amide bonds. The lowest BCUT2D eigenvalue weighted by Gasteiger charge is -2.39. The summed E-state index contributed by atoms with van der Waals surface area (Å²) in [4.78, 5) is 33.3. The molecule has 4 aliphatic rings. The minimum atomic E-state index is -0.191. The topological polar surface area (TPSA) is 53.1 Å². The number of ether oxygens (including phenoxy) is 1. The van der Waals surface area contributed by atoms with Crippen LogP contribution >= 0.6 is 0 Å². The quantitative estimate of drug-likeness (QED) is 0.518. The van der Waals surface area contributed by atoms with Crippen molar-refractivity contribution in [2.45, 2.75) is 51.0 Å². The lowest BCUT2D eigenvalue weighted by molar-refractivity contribution is -0.139. The first-order chi connectivity index (χ1) is 18.5. The Kier molecular flexibility index (Phi) is 7.17. The number of nitrogens with zero attached hydrogens (tertiary/aromatic N) is 3. The first-order valence-electron chi connectivity index (χ1n) is 14.5. The molecule has 2 aromatic rings. The number of piperidine rings is 1. The van der Waals surface area contributed by atoms with E-state index in [1.165, 1.54) is 18.4 Å². The van der Waals surface area contributed by atoms with Gasteiger partial charge in [-0.1, -0.05) is 42.5 Å². The number of methoxy groups -OCH3 is 1. The summed E-state index contributed by atoms with van der Waals surface area (Å²) in [6.07, 6.45) is 6.02. The normalized spacial score (nSPS) is 25.3. The second-order valence-corrected chi connectivity index (χ2v) is 12.1. The molecule has 2 aromatic carbocycles. The molecular formula is C32H41N3O3. The van der Waals surface area contributed by atoms with E-state index in [2.05, 4.69) is 57.2 Å². The van der Waals surface area contributed by atoms with Crippen LogP contribution in [-0.4, -0.2) is 72.9 Å². The fourth-order valence-corrected chi connectivity index (χ4v) is 6.99. The highest BCUT2D eigenvalue weighted by Crippen LogP contribution is 2.43. The van der Waals surface area contributed by atoms with E-state index in [9.17, 15) is 9.59 Å². The molecule has 6 nitrogen and oxygen atoms in total. The number of likely N-dealkylation sites (tertiary alicyclic amines) is 3. The molecule has 2 atom stereocenters. The molecule has 1 spiro atoms. The molecule has 0 unspecified atom stereocenters. The fraction of sp³-hybridized carbons (Fsp3) is 0.562. The van der Waals surface area contributed by atoms with Gasteiger partial charge in [0.05, 0.1) is 12.5 Å². The maximum absolute atomic E-state index is 13.5. The van der Waals surface area contributed by atoms with Crippen LogP contribution in [0.15, 0.2) is 54.6 Å². The average molecular weight is 516 g/mol. The van der Waals surface area contributed by atoms with Crippen molar-refractivity contribution in [1.82, 2.24) is 14.7 Å². The Labute approximate surface area is 226 Å². The standard InChI is InChI=1S/C32H41N3O3/c1-38-28-11-9-25(10-12-28)20-34-18-15-32(31(34)37)13-16-33(17-14-32)21-27-22-35(30(36)19-24-7-8-24)23-29(27)26-5-3-2-4-6-26/h2-6,9-12,24,27,29H,7-8,13-23H2,1H3/t27-,29+/m0/s1. The lowest BCUT2D eigenvalue weighted by atomic mass is 9.76. The zero-order valence-corrected chi connectivity index (χ0v) is 22.7. The Balaban J connectivity index is 1.06. The Morgan fingerprint density at radius 2 is 1.66 bits per heavy atom. The Hall–Kier alpha value is -2.86. The SMILES string of the molecule is COc1ccc(CN2CCC3(CCN(C[C@H]4CN(C(=O)CC5CC5)C[C@@H]4c4ccccc4)CC3)C2=O)cc1. The van der Waals surface area contributed by atoms with Crippen molar-refractivity contribution < 1.29 is 14.3 Å². The minimum Gasteiger partial charge on any atom is -0.497 e. The molecule has 3 saturated heterocycles. The summed E-state index contributed by atoms with van der Waals surface area (Å²) in [6.45, 7) is 6.18. The third kappa shape index (κ3) is 5.33. The van der Waals surface area contributed by atoms with E-state index in [1.54, 1.807) is 7.11 Å². The van der Waals surface area contributed by atoms with E-state index >= 15 is 0 Å². The van der Waals surface area contributed by atoms with Crippen LogP contribution in [0.2, 0.25) is 0 Å². The number of carbonyl (C=O) groups excluding carboxylic acids is 2. The van der Waals surface area contributed by atoms with E-state index in [0.717, 1.165) is 76.3 Å². The number of hydrogen-bond acceptors (Lipinski definition) is 4. The van der Waals surface area contributed by atoms with Gasteiger partial charge in [0.2, 0.25) is 11.8 Å². The van der Waals surface area contributed by atoms with Crippen molar-refractivity contribution >= 4 is 11.8 Å². The van der Waals surface area contributed by atoms with E-state index in [4.69, 9.17) is 4.74 Å². The zero-order chi connectivity index (χ0) is 26.1. The van der Waals surface area contributed by atoms with Gasteiger partial charge in [0, 0.05) is 45.1 Å². The summed E-state index contributed by atoms with van der Waals surface area (Å²) >= 11 is 0. The summed E-state index contributed by atoms with van der Waals surface area (Å²) in [7, 11) is 1.67. The van der Waals surface area contributed by atoms with Gasteiger partial charge in [-0.3, -0.25) is 9.59 Å². The van der Waals surface area contributed by atoms with Crippen LogP contribution in [0.3, 0.4) is 0 Å². The van der Waals surface area contributed by atoms with Crippen LogP contribution in [0, 0.1) is 17.3 Å². The molecule has 4 fully saturated rings. The molecule has 38 heavy (non-hydrogen) atoms. The van der Waals surface area contributed by atoms with Gasteiger partial charge in [-0.05, 0) is 80.3 Å². The number of hydrogen-bond donors (Lipinski definition) is 0. The van der Waals surface area contributed by atoms with Gasteiger partial charge in [0.25, 0.3) is 0 Å².